The standard InChI is InChI=1S/C20H31NO5S2/c1-20(2,3)27(23,24)14-6-4-5-8-19(22)16-17-9-11-18(12-10-17)21-13-7-15-28(21,25)26/h9-12H,4-8,13-16H2,1-3H3. The molecule has 1 aliphatic rings. The number of unbranched alkanes of at least 4 members (excludes halogenated alkanes) is 2. The number of ketones is 1. The van der Waals surface area contributed by atoms with Gasteiger partial charge in [0.25, 0.3) is 0 Å². The maximum atomic E-state index is 12.2. The average molecular weight is 430 g/mol. The monoisotopic (exact) mass is 429 g/mol. The molecule has 1 aliphatic heterocycles. The van der Waals surface area contributed by atoms with Gasteiger partial charge >= 0.3 is 0 Å². The summed E-state index contributed by atoms with van der Waals surface area (Å²) in [6.07, 6.45) is 3.35. The van der Waals surface area contributed by atoms with Crippen molar-refractivity contribution in [3.63, 3.8) is 0 Å². The highest BCUT2D eigenvalue weighted by Gasteiger charge is 2.29. The van der Waals surface area contributed by atoms with E-state index < -0.39 is 24.6 Å². The Labute approximate surface area is 169 Å². The minimum atomic E-state index is -3.19. The molecule has 2 rings (SSSR count). The lowest BCUT2D eigenvalue weighted by Crippen LogP contribution is -2.30. The van der Waals surface area contributed by atoms with Gasteiger partial charge in [0.15, 0.2) is 9.84 Å². The third-order valence-corrected chi connectivity index (χ3v) is 9.59. The first-order valence-corrected chi connectivity index (χ1v) is 13.0. The Hall–Kier alpha value is -1.41. The first-order valence-electron chi connectivity index (χ1n) is 9.76. The largest absolute Gasteiger partial charge is 0.299 e. The van der Waals surface area contributed by atoms with Crippen LogP contribution in [0.4, 0.5) is 5.69 Å². The second-order valence-corrected chi connectivity index (χ2v) is 13.2. The minimum Gasteiger partial charge on any atom is -0.299 e. The molecule has 0 N–H and O–H groups in total. The van der Waals surface area contributed by atoms with Crippen molar-refractivity contribution in [3.8, 4) is 0 Å². The van der Waals surface area contributed by atoms with E-state index in [2.05, 4.69) is 0 Å². The number of carbonyl (C=O) groups excluding carboxylic acids is 1. The number of hydrogen-bond acceptors (Lipinski definition) is 5. The maximum absolute atomic E-state index is 12.2. The van der Waals surface area contributed by atoms with Crippen molar-refractivity contribution in [1.29, 1.82) is 0 Å². The molecule has 0 aliphatic carbocycles. The summed E-state index contributed by atoms with van der Waals surface area (Å²) >= 11 is 0. The van der Waals surface area contributed by atoms with Crippen LogP contribution in [0.1, 0.15) is 58.4 Å². The topological polar surface area (TPSA) is 88.6 Å². The summed E-state index contributed by atoms with van der Waals surface area (Å²) in [6, 6.07) is 7.11. The van der Waals surface area contributed by atoms with Gasteiger partial charge < -0.3 is 0 Å². The minimum absolute atomic E-state index is 0.111. The van der Waals surface area contributed by atoms with E-state index in [1.807, 2.05) is 0 Å². The molecule has 6 nitrogen and oxygen atoms in total. The van der Waals surface area contributed by atoms with Crippen LogP contribution < -0.4 is 4.31 Å². The van der Waals surface area contributed by atoms with Crippen LogP contribution in [0.25, 0.3) is 0 Å². The molecule has 28 heavy (non-hydrogen) atoms. The number of Topliss-reactive ketones (excluding diaryl/α,β-unsaturated/α-hetero) is 1. The lowest BCUT2D eigenvalue weighted by Gasteiger charge is -2.18. The molecule has 0 aromatic heterocycles. The molecule has 0 bridgehead atoms. The Balaban J connectivity index is 1.75. The number of carbonyl (C=O) groups is 1. The summed E-state index contributed by atoms with van der Waals surface area (Å²) in [6.45, 7) is 5.62. The number of hydrogen-bond donors (Lipinski definition) is 0. The van der Waals surface area contributed by atoms with Gasteiger partial charge in [-0.2, -0.15) is 0 Å². The maximum Gasteiger partial charge on any atom is 0.235 e. The van der Waals surface area contributed by atoms with Gasteiger partial charge in [-0.05, 0) is 57.7 Å². The van der Waals surface area contributed by atoms with E-state index in [0.717, 1.165) is 5.56 Å². The number of anilines is 1. The van der Waals surface area contributed by atoms with Crippen LogP contribution in [0.2, 0.25) is 0 Å². The highest BCUT2D eigenvalue weighted by molar-refractivity contribution is 7.93. The second-order valence-electron chi connectivity index (χ2n) is 8.37. The second kappa shape index (κ2) is 8.95. The Kier molecular flexibility index (Phi) is 7.31. The van der Waals surface area contributed by atoms with Crippen LogP contribution in [0.5, 0.6) is 0 Å². The lowest BCUT2D eigenvalue weighted by atomic mass is 10.0. The third kappa shape index (κ3) is 6.04. The average Bonchev–Trinajstić information content (AvgIpc) is 2.93. The van der Waals surface area contributed by atoms with Crippen molar-refractivity contribution in [2.24, 2.45) is 0 Å². The van der Waals surface area contributed by atoms with Gasteiger partial charge in [0.1, 0.15) is 5.78 Å². The van der Waals surface area contributed by atoms with Crippen LogP contribution in [-0.2, 0) is 31.1 Å². The molecule has 8 heteroatoms. The van der Waals surface area contributed by atoms with E-state index in [4.69, 9.17) is 0 Å². The fraction of sp³-hybridized carbons (Fsp3) is 0.650. The van der Waals surface area contributed by atoms with E-state index in [0.29, 0.717) is 50.8 Å². The van der Waals surface area contributed by atoms with Crippen LogP contribution in [0.3, 0.4) is 0 Å². The fourth-order valence-electron chi connectivity index (χ4n) is 3.12. The molecule has 0 saturated carbocycles. The summed E-state index contributed by atoms with van der Waals surface area (Å²) in [7, 11) is -6.29. The Morgan fingerprint density at radius 1 is 1.07 bits per heavy atom. The molecule has 1 aromatic carbocycles. The van der Waals surface area contributed by atoms with Crippen LogP contribution in [0, 0.1) is 0 Å². The molecule has 0 radical (unpaired) electrons. The molecule has 0 atom stereocenters. The van der Waals surface area contributed by atoms with Crippen molar-refractivity contribution in [2.75, 3.05) is 22.4 Å². The van der Waals surface area contributed by atoms with Gasteiger partial charge in [0.2, 0.25) is 10.0 Å². The van der Waals surface area contributed by atoms with Gasteiger partial charge in [-0.1, -0.05) is 18.6 Å². The zero-order chi connectivity index (χ0) is 21.0. The number of benzene rings is 1. The number of nitrogens with zero attached hydrogens (tertiary/aromatic N) is 1. The van der Waals surface area contributed by atoms with Crippen LogP contribution >= 0.6 is 0 Å². The van der Waals surface area contributed by atoms with E-state index in [1.165, 1.54) is 4.31 Å². The number of sulfone groups is 1. The molecule has 0 unspecified atom stereocenters. The van der Waals surface area contributed by atoms with Gasteiger partial charge in [-0.15, -0.1) is 0 Å². The molecule has 1 heterocycles. The van der Waals surface area contributed by atoms with E-state index in [1.54, 1.807) is 45.0 Å². The molecule has 158 valence electrons. The van der Waals surface area contributed by atoms with E-state index in [-0.39, 0.29) is 17.3 Å². The van der Waals surface area contributed by atoms with Crippen molar-refractivity contribution in [2.45, 2.75) is 64.0 Å². The van der Waals surface area contributed by atoms with Crippen LogP contribution in [-0.4, -0.2) is 45.4 Å². The molecule has 0 spiro atoms. The van der Waals surface area contributed by atoms with Gasteiger partial charge in [-0.25, -0.2) is 16.8 Å². The smallest absolute Gasteiger partial charge is 0.235 e. The first-order chi connectivity index (χ1) is 12.9. The summed E-state index contributed by atoms with van der Waals surface area (Å²) in [4.78, 5) is 12.2. The first kappa shape index (κ1) is 22.9. The molecule has 1 fully saturated rings. The van der Waals surface area contributed by atoms with Gasteiger partial charge in [0, 0.05) is 19.4 Å². The molecule has 1 aromatic rings. The fourth-order valence-corrected chi connectivity index (χ4v) is 5.88. The summed E-state index contributed by atoms with van der Waals surface area (Å²) < 4.78 is 48.7. The highest BCUT2D eigenvalue weighted by atomic mass is 32.2. The Morgan fingerprint density at radius 3 is 2.25 bits per heavy atom. The Morgan fingerprint density at radius 2 is 1.71 bits per heavy atom. The predicted molar refractivity (Wildman–Crippen MR) is 113 cm³/mol. The summed E-state index contributed by atoms with van der Waals surface area (Å²) in [5, 5.41) is 0. The number of sulfonamides is 1. The van der Waals surface area contributed by atoms with Crippen molar-refractivity contribution >= 4 is 31.3 Å². The number of rotatable bonds is 9. The van der Waals surface area contributed by atoms with Crippen molar-refractivity contribution in [1.82, 2.24) is 0 Å². The van der Waals surface area contributed by atoms with E-state index >= 15 is 0 Å². The van der Waals surface area contributed by atoms with Crippen molar-refractivity contribution < 1.29 is 21.6 Å². The molecule has 1 saturated heterocycles. The van der Waals surface area contributed by atoms with E-state index in [9.17, 15) is 21.6 Å². The van der Waals surface area contributed by atoms with Crippen molar-refractivity contribution in [3.05, 3.63) is 29.8 Å². The molecular formula is C20H31NO5S2. The van der Waals surface area contributed by atoms with Gasteiger partial charge in [-0.3, -0.25) is 9.10 Å². The predicted octanol–water partition coefficient (Wildman–Crippen LogP) is 3.11. The summed E-state index contributed by atoms with van der Waals surface area (Å²) in [5.41, 5.74) is 1.51. The summed E-state index contributed by atoms with van der Waals surface area (Å²) in [5.74, 6) is 0.454. The molecular weight excluding hydrogens is 398 g/mol. The zero-order valence-corrected chi connectivity index (χ0v) is 18.6. The lowest BCUT2D eigenvalue weighted by molar-refractivity contribution is -0.118. The highest BCUT2D eigenvalue weighted by Crippen LogP contribution is 2.24. The van der Waals surface area contributed by atoms with Crippen LogP contribution in [0.15, 0.2) is 24.3 Å². The quantitative estimate of drug-likeness (QED) is 0.563. The zero-order valence-electron chi connectivity index (χ0n) is 17.0. The van der Waals surface area contributed by atoms with Gasteiger partial charge in [0.05, 0.1) is 21.9 Å². The SMILES string of the molecule is CC(C)(C)S(=O)(=O)CCCCCC(=O)Cc1ccc(N2CCCS2(=O)=O)cc1. The molecule has 0 amide bonds. The Bertz CT molecular complexity index is 882. The normalized spacial score (nSPS) is 17.0. The third-order valence-electron chi connectivity index (χ3n) is 5.03.